The van der Waals surface area contributed by atoms with E-state index in [2.05, 4.69) is 12.1 Å². The smallest absolute Gasteiger partial charge is 0.265 e. The molecule has 0 fully saturated rings. The number of amides is 1. The first-order chi connectivity index (χ1) is 10.3. The SMILES string of the molecule is Nc1cccc2c1OCC(=O)N2CCCc1ccccc1. The van der Waals surface area contributed by atoms with Crippen molar-refractivity contribution >= 4 is 17.3 Å². The van der Waals surface area contributed by atoms with E-state index in [0.29, 0.717) is 18.0 Å². The zero-order valence-corrected chi connectivity index (χ0v) is 11.8. The summed E-state index contributed by atoms with van der Waals surface area (Å²) in [6.45, 7) is 0.736. The van der Waals surface area contributed by atoms with Gasteiger partial charge in [-0.2, -0.15) is 0 Å². The number of nitrogen functional groups attached to an aromatic ring is 1. The van der Waals surface area contributed by atoms with Crippen molar-refractivity contribution in [1.29, 1.82) is 0 Å². The van der Waals surface area contributed by atoms with Crippen LogP contribution in [0, 0.1) is 0 Å². The van der Waals surface area contributed by atoms with Crippen LogP contribution in [0.3, 0.4) is 0 Å². The monoisotopic (exact) mass is 282 g/mol. The molecule has 0 aliphatic carbocycles. The van der Waals surface area contributed by atoms with Gasteiger partial charge >= 0.3 is 0 Å². The van der Waals surface area contributed by atoms with Crippen LogP contribution in [0.1, 0.15) is 12.0 Å². The minimum absolute atomic E-state index is 0.0128. The van der Waals surface area contributed by atoms with Crippen LogP contribution in [0.5, 0.6) is 5.75 Å². The number of hydrogen-bond acceptors (Lipinski definition) is 3. The molecule has 0 unspecified atom stereocenters. The molecular weight excluding hydrogens is 264 g/mol. The van der Waals surface area contributed by atoms with Crippen LogP contribution in [0.15, 0.2) is 48.5 Å². The minimum atomic E-state index is -0.0128. The summed E-state index contributed by atoms with van der Waals surface area (Å²) in [6, 6.07) is 15.8. The summed E-state index contributed by atoms with van der Waals surface area (Å²) < 4.78 is 5.45. The first kappa shape index (κ1) is 13.5. The summed E-state index contributed by atoms with van der Waals surface area (Å²) in [4.78, 5) is 13.8. The summed E-state index contributed by atoms with van der Waals surface area (Å²) in [5.74, 6) is 0.609. The molecule has 4 heteroatoms. The lowest BCUT2D eigenvalue weighted by molar-refractivity contribution is -0.121. The molecule has 0 saturated heterocycles. The third kappa shape index (κ3) is 2.84. The lowest BCUT2D eigenvalue weighted by Gasteiger charge is -2.30. The molecule has 2 aromatic carbocycles. The fourth-order valence-electron chi connectivity index (χ4n) is 2.59. The lowest BCUT2D eigenvalue weighted by Crippen LogP contribution is -2.39. The maximum absolute atomic E-state index is 12.1. The number of nitrogens with two attached hydrogens (primary N) is 1. The van der Waals surface area contributed by atoms with Gasteiger partial charge in [0.15, 0.2) is 12.4 Å². The van der Waals surface area contributed by atoms with Crippen LogP contribution in [-0.2, 0) is 11.2 Å². The van der Waals surface area contributed by atoms with Gasteiger partial charge in [-0.1, -0.05) is 36.4 Å². The maximum atomic E-state index is 12.1. The first-order valence-electron chi connectivity index (χ1n) is 7.11. The number of para-hydroxylation sites is 1. The van der Waals surface area contributed by atoms with E-state index in [-0.39, 0.29) is 12.5 Å². The van der Waals surface area contributed by atoms with Crippen LogP contribution in [0.25, 0.3) is 0 Å². The number of carbonyl (C=O) groups is 1. The molecule has 3 rings (SSSR count). The van der Waals surface area contributed by atoms with Gasteiger partial charge in [0.05, 0.1) is 11.4 Å². The van der Waals surface area contributed by atoms with Crippen molar-refractivity contribution in [3.63, 3.8) is 0 Å². The number of rotatable bonds is 4. The molecule has 1 amide bonds. The van der Waals surface area contributed by atoms with Gasteiger partial charge < -0.3 is 15.4 Å². The van der Waals surface area contributed by atoms with Crippen molar-refractivity contribution in [3.05, 3.63) is 54.1 Å². The molecule has 0 aromatic heterocycles. The van der Waals surface area contributed by atoms with Gasteiger partial charge in [-0.15, -0.1) is 0 Å². The fraction of sp³-hybridized carbons (Fsp3) is 0.235. The molecule has 108 valence electrons. The predicted octanol–water partition coefficient (Wildman–Crippen LogP) is 2.63. The van der Waals surface area contributed by atoms with Crippen molar-refractivity contribution in [1.82, 2.24) is 0 Å². The van der Waals surface area contributed by atoms with E-state index in [1.807, 2.05) is 30.3 Å². The summed E-state index contributed by atoms with van der Waals surface area (Å²) in [5.41, 5.74) is 8.54. The number of benzene rings is 2. The average molecular weight is 282 g/mol. The molecule has 0 saturated carbocycles. The molecule has 4 nitrogen and oxygen atoms in total. The number of carbonyl (C=O) groups excluding carboxylic acids is 1. The van der Waals surface area contributed by atoms with Crippen molar-refractivity contribution in [2.75, 3.05) is 23.8 Å². The summed E-state index contributed by atoms with van der Waals surface area (Å²) >= 11 is 0. The van der Waals surface area contributed by atoms with Crippen LogP contribution < -0.4 is 15.4 Å². The Kier molecular flexibility index (Phi) is 3.77. The van der Waals surface area contributed by atoms with E-state index < -0.39 is 0 Å². The van der Waals surface area contributed by atoms with Gasteiger partial charge in [-0.25, -0.2) is 0 Å². The van der Waals surface area contributed by atoms with Crippen molar-refractivity contribution in [3.8, 4) is 5.75 Å². The molecular formula is C17H18N2O2. The van der Waals surface area contributed by atoms with E-state index >= 15 is 0 Å². The van der Waals surface area contributed by atoms with E-state index in [4.69, 9.17) is 10.5 Å². The quantitative estimate of drug-likeness (QED) is 0.877. The zero-order chi connectivity index (χ0) is 14.7. The van der Waals surface area contributed by atoms with E-state index in [1.54, 1.807) is 11.0 Å². The van der Waals surface area contributed by atoms with E-state index in [1.165, 1.54) is 5.56 Å². The Morgan fingerprint density at radius 3 is 2.71 bits per heavy atom. The number of hydrogen-bond donors (Lipinski definition) is 1. The number of anilines is 2. The minimum Gasteiger partial charge on any atom is -0.479 e. The normalized spacial score (nSPS) is 13.7. The Morgan fingerprint density at radius 1 is 1.10 bits per heavy atom. The van der Waals surface area contributed by atoms with Crippen LogP contribution in [0.2, 0.25) is 0 Å². The van der Waals surface area contributed by atoms with Crippen LogP contribution in [0.4, 0.5) is 11.4 Å². The third-order valence-corrected chi connectivity index (χ3v) is 3.65. The van der Waals surface area contributed by atoms with Gasteiger partial charge in [0.1, 0.15) is 0 Å². The Bertz CT molecular complexity index is 640. The highest BCUT2D eigenvalue weighted by Crippen LogP contribution is 2.36. The summed E-state index contributed by atoms with van der Waals surface area (Å²) in [6.07, 6.45) is 1.85. The molecule has 2 aromatic rings. The number of nitrogens with zero attached hydrogens (tertiary/aromatic N) is 1. The zero-order valence-electron chi connectivity index (χ0n) is 11.8. The van der Waals surface area contributed by atoms with Gasteiger partial charge in [0.25, 0.3) is 5.91 Å². The molecule has 0 spiro atoms. The van der Waals surface area contributed by atoms with Gasteiger partial charge in [-0.3, -0.25) is 4.79 Å². The second kappa shape index (κ2) is 5.87. The predicted molar refractivity (Wildman–Crippen MR) is 83.5 cm³/mol. The van der Waals surface area contributed by atoms with Crippen LogP contribution in [-0.4, -0.2) is 19.1 Å². The Labute approximate surface area is 124 Å². The van der Waals surface area contributed by atoms with Gasteiger partial charge in [-0.05, 0) is 30.5 Å². The second-order valence-electron chi connectivity index (χ2n) is 5.12. The molecule has 1 heterocycles. The van der Waals surface area contributed by atoms with Gasteiger partial charge in [0, 0.05) is 6.54 Å². The van der Waals surface area contributed by atoms with Crippen molar-refractivity contribution in [2.45, 2.75) is 12.8 Å². The summed E-state index contributed by atoms with van der Waals surface area (Å²) in [5, 5.41) is 0. The third-order valence-electron chi connectivity index (χ3n) is 3.65. The largest absolute Gasteiger partial charge is 0.479 e. The molecule has 1 aliphatic heterocycles. The van der Waals surface area contributed by atoms with Gasteiger partial charge in [0.2, 0.25) is 0 Å². The Morgan fingerprint density at radius 2 is 1.90 bits per heavy atom. The maximum Gasteiger partial charge on any atom is 0.265 e. The topological polar surface area (TPSA) is 55.6 Å². The molecule has 21 heavy (non-hydrogen) atoms. The fourth-order valence-corrected chi connectivity index (χ4v) is 2.59. The van der Waals surface area contributed by atoms with Crippen molar-refractivity contribution in [2.24, 2.45) is 0 Å². The molecule has 1 aliphatic rings. The highest BCUT2D eigenvalue weighted by Gasteiger charge is 2.26. The number of fused-ring (bicyclic) bond motifs is 1. The molecule has 0 radical (unpaired) electrons. The average Bonchev–Trinajstić information content (AvgIpc) is 2.51. The van der Waals surface area contributed by atoms with E-state index in [9.17, 15) is 4.79 Å². The summed E-state index contributed by atoms with van der Waals surface area (Å²) in [7, 11) is 0. The lowest BCUT2D eigenvalue weighted by atomic mass is 10.1. The van der Waals surface area contributed by atoms with Crippen molar-refractivity contribution < 1.29 is 9.53 Å². The standard InChI is InChI=1S/C17H18N2O2/c18-14-9-4-10-15-17(14)21-12-16(20)19(15)11-5-8-13-6-2-1-3-7-13/h1-4,6-7,9-10H,5,8,11-12,18H2. The molecule has 2 N–H and O–H groups in total. The number of ether oxygens (including phenoxy) is 1. The highest BCUT2D eigenvalue weighted by molar-refractivity contribution is 5.99. The Balaban J connectivity index is 1.71. The molecule has 0 atom stereocenters. The van der Waals surface area contributed by atoms with E-state index in [0.717, 1.165) is 18.5 Å². The van der Waals surface area contributed by atoms with Crippen LogP contribution >= 0.6 is 0 Å². The Hall–Kier alpha value is -2.49. The second-order valence-corrected chi connectivity index (χ2v) is 5.12. The first-order valence-corrected chi connectivity index (χ1v) is 7.11. The number of aryl methyl sites for hydroxylation is 1. The highest BCUT2D eigenvalue weighted by atomic mass is 16.5. The molecule has 0 bridgehead atoms.